The van der Waals surface area contributed by atoms with Gasteiger partial charge in [-0.3, -0.25) is 19.3 Å². The number of aromatic nitrogens is 2. The Kier molecular flexibility index (Phi) is 5.22. The molecule has 9 heteroatoms. The molecule has 9 nitrogen and oxygen atoms in total. The predicted molar refractivity (Wildman–Crippen MR) is 119 cm³/mol. The number of fused-ring (bicyclic) bond motifs is 3. The second-order valence-electron chi connectivity index (χ2n) is 9.72. The van der Waals surface area contributed by atoms with Crippen molar-refractivity contribution in [2.24, 2.45) is 5.92 Å². The number of nitrogens with one attached hydrogen (secondary N) is 1. The van der Waals surface area contributed by atoms with Gasteiger partial charge in [0.05, 0.1) is 11.3 Å². The predicted octanol–water partition coefficient (Wildman–Crippen LogP) is 3.15. The first-order chi connectivity index (χ1) is 15.8. The van der Waals surface area contributed by atoms with Gasteiger partial charge in [-0.25, -0.2) is 0 Å². The van der Waals surface area contributed by atoms with Crippen LogP contribution in [0.1, 0.15) is 86.9 Å². The lowest BCUT2D eigenvalue weighted by atomic mass is 9.98. The molecule has 0 spiro atoms. The molecule has 3 amide bonds. The van der Waals surface area contributed by atoms with E-state index in [-0.39, 0.29) is 36.6 Å². The third-order valence-electron chi connectivity index (χ3n) is 6.96. The van der Waals surface area contributed by atoms with Gasteiger partial charge < -0.3 is 14.7 Å². The quantitative estimate of drug-likeness (QED) is 0.693. The van der Waals surface area contributed by atoms with Crippen LogP contribution < -0.4 is 10.2 Å². The topological polar surface area (TPSA) is 109 Å². The molecule has 0 bridgehead atoms. The van der Waals surface area contributed by atoms with E-state index in [4.69, 9.17) is 4.52 Å². The first-order valence-corrected chi connectivity index (χ1v) is 11.7. The molecule has 1 aromatic heterocycles. The van der Waals surface area contributed by atoms with Gasteiger partial charge in [0.25, 0.3) is 5.91 Å². The van der Waals surface area contributed by atoms with E-state index in [0.29, 0.717) is 41.7 Å². The molecule has 2 aliphatic heterocycles. The fourth-order valence-corrected chi connectivity index (χ4v) is 4.89. The number of hydrogen-bond acceptors (Lipinski definition) is 6. The van der Waals surface area contributed by atoms with Crippen LogP contribution in [0.2, 0.25) is 0 Å². The zero-order valence-corrected chi connectivity index (χ0v) is 19.2. The number of nitrogens with zero attached hydrogens (tertiary/aromatic N) is 4. The zero-order chi connectivity index (χ0) is 23.3. The molecule has 33 heavy (non-hydrogen) atoms. The number of para-hydroxylation sites is 1. The van der Waals surface area contributed by atoms with Crippen molar-refractivity contribution in [3.63, 3.8) is 0 Å². The van der Waals surface area contributed by atoms with Gasteiger partial charge in [0, 0.05) is 25.3 Å². The maximum absolute atomic E-state index is 13.3. The minimum absolute atomic E-state index is 0.00497. The van der Waals surface area contributed by atoms with Gasteiger partial charge in [-0.1, -0.05) is 31.1 Å². The van der Waals surface area contributed by atoms with E-state index in [0.717, 1.165) is 12.8 Å². The Morgan fingerprint density at radius 1 is 1.27 bits per heavy atom. The lowest BCUT2D eigenvalue weighted by Gasteiger charge is -2.48. The summed E-state index contributed by atoms with van der Waals surface area (Å²) in [6, 6.07) is 6.78. The van der Waals surface area contributed by atoms with E-state index in [2.05, 4.69) is 15.5 Å². The molecule has 1 N–H and O–H groups in total. The number of benzene rings is 1. The number of hydrogen-bond donors (Lipinski definition) is 1. The van der Waals surface area contributed by atoms with E-state index in [9.17, 15) is 14.4 Å². The Labute approximate surface area is 192 Å². The molecule has 2 unspecified atom stereocenters. The minimum atomic E-state index is -0.772. The van der Waals surface area contributed by atoms with Crippen LogP contribution in [0.25, 0.3) is 0 Å². The van der Waals surface area contributed by atoms with E-state index in [1.165, 1.54) is 0 Å². The average molecular weight is 452 g/mol. The van der Waals surface area contributed by atoms with Crippen molar-refractivity contribution in [1.29, 1.82) is 0 Å². The molecule has 2 fully saturated rings. The highest BCUT2D eigenvalue weighted by Crippen LogP contribution is 2.44. The van der Waals surface area contributed by atoms with Gasteiger partial charge in [-0.15, -0.1) is 0 Å². The third kappa shape index (κ3) is 3.69. The number of amides is 3. The number of rotatable bonds is 7. The second-order valence-corrected chi connectivity index (χ2v) is 9.72. The first kappa shape index (κ1) is 21.6. The summed E-state index contributed by atoms with van der Waals surface area (Å²) in [6.07, 6.45) is 3.16. The van der Waals surface area contributed by atoms with Crippen LogP contribution in [0, 0.1) is 5.92 Å². The Balaban J connectivity index is 1.31. The zero-order valence-electron chi connectivity index (χ0n) is 19.2. The van der Waals surface area contributed by atoms with Crippen molar-refractivity contribution in [2.45, 2.75) is 70.5 Å². The molecular weight excluding hydrogens is 422 g/mol. The van der Waals surface area contributed by atoms with Crippen LogP contribution in [-0.2, 0) is 9.59 Å². The van der Waals surface area contributed by atoms with E-state index >= 15 is 0 Å². The van der Waals surface area contributed by atoms with Gasteiger partial charge in [-0.05, 0) is 44.2 Å². The van der Waals surface area contributed by atoms with Crippen molar-refractivity contribution in [1.82, 2.24) is 20.4 Å². The molecule has 3 heterocycles. The second kappa shape index (κ2) is 7.97. The van der Waals surface area contributed by atoms with Crippen LogP contribution >= 0.6 is 0 Å². The van der Waals surface area contributed by atoms with Crippen LogP contribution in [-0.4, -0.2) is 45.0 Å². The molecule has 174 valence electrons. The lowest BCUT2D eigenvalue weighted by Crippen LogP contribution is -2.62. The molecule has 1 aromatic carbocycles. The molecule has 5 rings (SSSR count). The summed E-state index contributed by atoms with van der Waals surface area (Å²) in [4.78, 5) is 46.8. The van der Waals surface area contributed by atoms with Crippen LogP contribution in [0.15, 0.2) is 28.8 Å². The fraction of sp³-hybridized carbons (Fsp3) is 0.542. The SMILES string of the molecule is CC(C)C(NC(=O)CCN1C(=O)c2ccccc2N2C(=O)CCC12C)c1nc(C2CC2)no1. The smallest absolute Gasteiger partial charge is 0.257 e. The first-order valence-electron chi connectivity index (χ1n) is 11.7. The number of carbonyl (C=O) groups is 3. The molecule has 1 saturated heterocycles. The summed E-state index contributed by atoms with van der Waals surface area (Å²) in [5, 5.41) is 7.07. The standard InChI is InChI=1S/C24H29N5O4/c1-14(2)20(22-26-21(27-33-22)15-8-9-15)25-18(30)11-13-28-23(32)16-6-4-5-7-17(16)29-19(31)10-12-24(28,29)3/h4-7,14-15,20H,8-13H2,1-3H3,(H,25,30). The molecule has 2 aromatic rings. The normalized spacial score (nSPS) is 23.0. The fourth-order valence-electron chi connectivity index (χ4n) is 4.89. The maximum atomic E-state index is 13.3. The Morgan fingerprint density at radius 3 is 2.76 bits per heavy atom. The average Bonchev–Trinajstić information content (AvgIpc) is 3.44. The molecule has 1 saturated carbocycles. The molecule has 0 radical (unpaired) electrons. The third-order valence-corrected chi connectivity index (χ3v) is 6.96. The molecule has 2 atom stereocenters. The van der Waals surface area contributed by atoms with Gasteiger partial charge in [0.2, 0.25) is 17.7 Å². The van der Waals surface area contributed by atoms with E-state index in [1.807, 2.05) is 32.9 Å². The largest absolute Gasteiger partial charge is 0.344 e. The Bertz CT molecular complexity index is 1110. The molecule has 1 aliphatic carbocycles. The summed E-state index contributed by atoms with van der Waals surface area (Å²) in [6.45, 7) is 6.08. The highest BCUT2D eigenvalue weighted by Gasteiger charge is 2.52. The maximum Gasteiger partial charge on any atom is 0.257 e. The summed E-state index contributed by atoms with van der Waals surface area (Å²) in [7, 11) is 0. The summed E-state index contributed by atoms with van der Waals surface area (Å²) < 4.78 is 5.44. The van der Waals surface area contributed by atoms with Crippen molar-refractivity contribution >= 4 is 23.4 Å². The van der Waals surface area contributed by atoms with Crippen LogP contribution in [0.4, 0.5) is 5.69 Å². The summed E-state index contributed by atoms with van der Waals surface area (Å²) in [5.74, 6) is 1.20. The van der Waals surface area contributed by atoms with Crippen LogP contribution in [0.3, 0.4) is 0 Å². The highest BCUT2D eigenvalue weighted by molar-refractivity contribution is 6.10. The van der Waals surface area contributed by atoms with Crippen molar-refractivity contribution in [3.05, 3.63) is 41.5 Å². The van der Waals surface area contributed by atoms with Crippen molar-refractivity contribution in [3.8, 4) is 0 Å². The summed E-state index contributed by atoms with van der Waals surface area (Å²) in [5.41, 5.74) is 0.367. The monoisotopic (exact) mass is 451 g/mol. The summed E-state index contributed by atoms with van der Waals surface area (Å²) >= 11 is 0. The van der Waals surface area contributed by atoms with Gasteiger partial charge >= 0.3 is 0 Å². The number of carbonyl (C=O) groups excluding carboxylic acids is 3. The highest BCUT2D eigenvalue weighted by atomic mass is 16.5. The van der Waals surface area contributed by atoms with E-state index in [1.54, 1.807) is 21.9 Å². The van der Waals surface area contributed by atoms with Gasteiger partial charge in [0.15, 0.2) is 5.82 Å². The number of anilines is 1. The molecular formula is C24H29N5O4. The van der Waals surface area contributed by atoms with Crippen LogP contribution in [0.5, 0.6) is 0 Å². The lowest BCUT2D eigenvalue weighted by molar-refractivity contribution is -0.122. The minimum Gasteiger partial charge on any atom is -0.344 e. The van der Waals surface area contributed by atoms with Gasteiger partial charge in [-0.2, -0.15) is 4.98 Å². The van der Waals surface area contributed by atoms with Gasteiger partial charge in [0.1, 0.15) is 11.7 Å². The van der Waals surface area contributed by atoms with Crippen molar-refractivity contribution < 1.29 is 18.9 Å². The Morgan fingerprint density at radius 2 is 2.03 bits per heavy atom. The van der Waals surface area contributed by atoms with Crippen molar-refractivity contribution in [2.75, 3.05) is 11.4 Å². The van der Waals surface area contributed by atoms with E-state index < -0.39 is 11.7 Å². The molecule has 3 aliphatic rings. The Hall–Kier alpha value is -3.23.